The first-order valence-corrected chi connectivity index (χ1v) is 11.3. The average Bonchev–Trinajstić information content (AvgIpc) is 2.78. The minimum absolute atomic E-state index is 0.0313. The number of nitrogens with two attached hydrogens (primary N) is 1. The first kappa shape index (κ1) is 27.5. The van der Waals surface area contributed by atoms with Crippen LogP contribution in [0.15, 0.2) is 30.6 Å². The molecule has 36 heavy (non-hydrogen) atoms. The number of benzene rings is 1. The predicted octanol–water partition coefficient (Wildman–Crippen LogP) is 2.58. The van der Waals surface area contributed by atoms with Crippen LogP contribution in [-0.4, -0.2) is 70.9 Å². The van der Waals surface area contributed by atoms with Crippen LogP contribution < -0.4 is 16.0 Å². The van der Waals surface area contributed by atoms with Crippen LogP contribution in [0.2, 0.25) is 0 Å². The summed E-state index contributed by atoms with van der Waals surface area (Å²) in [5, 5.41) is 13.7. The number of amides is 1. The summed E-state index contributed by atoms with van der Waals surface area (Å²) in [5.41, 5.74) is 3.66. The molecule has 0 bridgehead atoms. The van der Waals surface area contributed by atoms with Crippen molar-refractivity contribution in [2.75, 3.05) is 49.6 Å². The normalized spacial score (nSPS) is 20.8. The van der Waals surface area contributed by atoms with Crippen LogP contribution in [0.3, 0.4) is 0 Å². The van der Waals surface area contributed by atoms with E-state index in [0.29, 0.717) is 18.5 Å². The van der Waals surface area contributed by atoms with Crippen molar-refractivity contribution in [3.8, 4) is 0 Å². The Kier molecular flexibility index (Phi) is 8.67. The molecule has 0 unspecified atom stereocenters. The van der Waals surface area contributed by atoms with Crippen molar-refractivity contribution in [2.24, 2.45) is 11.7 Å². The second-order valence-corrected chi connectivity index (χ2v) is 9.07. The van der Waals surface area contributed by atoms with Crippen molar-refractivity contribution in [3.05, 3.63) is 47.5 Å². The topological polar surface area (TPSA) is 108 Å². The Labute approximate surface area is 205 Å². The maximum absolute atomic E-state index is 15.3. The fourth-order valence-corrected chi connectivity index (χ4v) is 4.29. The molecule has 1 saturated heterocycles. The first-order chi connectivity index (χ1) is 16.9. The highest BCUT2D eigenvalue weighted by molar-refractivity contribution is 5.75. The largest absolute Gasteiger partial charge is 0.416 e. The van der Waals surface area contributed by atoms with Crippen LogP contribution in [0.1, 0.15) is 24.5 Å². The number of β-amino-alcohol motifs (C(OH)–C–C–N with tert-alkyl or cyclic N) is 1. The van der Waals surface area contributed by atoms with Crippen LogP contribution in [-0.2, 0) is 17.5 Å². The highest BCUT2D eigenvalue weighted by Gasteiger charge is 2.38. The third-order valence-corrected chi connectivity index (χ3v) is 6.19. The molecule has 198 valence electrons. The summed E-state index contributed by atoms with van der Waals surface area (Å²) in [6.07, 6.45) is -2.86. The molecular weight excluding hydrogens is 487 g/mol. The molecule has 1 aliphatic rings. The second-order valence-electron chi connectivity index (χ2n) is 9.07. The fourth-order valence-electron chi connectivity index (χ4n) is 4.29. The zero-order chi connectivity index (χ0) is 26.5. The minimum Gasteiger partial charge on any atom is -0.388 e. The van der Waals surface area contributed by atoms with Gasteiger partial charge in [0.25, 0.3) is 0 Å². The second kappa shape index (κ2) is 11.3. The molecule has 8 nitrogen and oxygen atoms in total. The van der Waals surface area contributed by atoms with Gasteiger partial charge in [0.1, 0.15) is 13.0 Å². The average molecular weight is 517 g/mol. The Morgan fingerprint density at radius 3 is 2.58 bits per heavy atom. The molecule has 2 atom stereocenters. The van der Waals surface area contributed by atoms with Crippen LogP contribution in [0.4, 0.5) is 33.6 Å². The molecule has 0 aliphatic carbocycles. The van der Waals surface area contributed by atoms with Gasteiger partial charge in [-0.05, 0) is 37.6 Å². The van der Waals surface area contributed by atoms with Gasteiger partial charge in [-0.3, -0.25) is 9.69 Å². The van der Waals surface area contributed by atoms with Crippen LogP contribution >= 0.6 is 0 Å². The number of piperidine rings is 1. The molecule has 0 spiro atoms. The van der Waals surface area contributed by atoms with E-state index in [4.69, 9.17) is 5.73 Å². The van der Waals surface area contributed by atoms with Gasteiger partial charge >= 0.3 is 6.18 Å². The number of anilines is 2. The van der Waals surface area contributed by atoms with Crippen LogP contribution in [0.25, 0.3) is 0 Å². The van der Waals surface area contributed by atoms with Gasteiger partial charge < -0.3 is 21.1 Å². The number of carbonyl (C=O) groups is 1. The third kappa shape index (κ3) is 7.00. The van der Waals surface area contributed by atoms with E-state index in [0.717, 1.165) is 18.5 Å². The highest BCUT2D eigenvalue weighted by Crippen LogP contribution is 2.31. The van der Waals surface area contributed by atoms with Crippen molar-refractivity contribution >= 4 is 17.5 Å². The van der Waals surface area contributed by atoms with E-state index < -0.39 is 35.7 Å². The molecule has 13 heteroatoms. The number of nitrogens with zero attached hydrogens (tertiary/aromatic N) is 4. The molecule has 1 aromatic heterocycles. The van der Waals surface area contributed by atoms with Crippen molar-refractivity contribution in [2.45, 2.75) is 31.7 Å². The number of likely N-dealkylation sites (tertiary alicyclic amines) is 1. The Morgan fingerprint density at radius 2 is 2.00 bits per heavy atom. The lowest BCUT2D eigenvalue weighted by molar-refractivity contribution is -0.137. The smallest absolute Gasteiger partial charge is 0.388 e. The summed E-state index contributed by atoms with van der Waals surface area (Å²) in [5.74, 6) is -1.97. The van der Waals surface area contributed by atoms with Crippen molar-refractivity contribution < 1.29 is 31.9 Å². The maximum Gasteiger partial charge on any atom is 0.416 e. The summed E-state index contributed by atoms with van der Waals surface area (Å²) in [7, 11) is 0. The van der Waals surface area contributed by atoms with E-state index in [9.17, 15) is 27.5 Å². The van der Waals surface area contributed by atoms with Gasteiger partial charge in [-0.1, -0.05) is 12.1 Å². The molecule has 4 N–H and O–H groups in total. The first-order valence-electron chi connectivity index (χ1n) is 11.3. The summed E-state index contributed by atoms with van der Waals surface area (Å²) in [4.78, 5) is 22.0. The number of aromatic nitrogens is 2. The number of nitrogens with one attached hydrogen (secondary N) is 1. The number of hydrogen-bond acceptors (Lipinski definition) is 7. The minimum atomic E-state index is -4.49. The van der Waals surface area contributed by atoms with E-state index in [1.165, 1.54) is 17.0 Å². The summed E-state index contributed by atoms with van der Waals surface area (Å²) < 4.78 is 67.0. The van der Waals surface area contributed by atoms with Gasteiger partial charge in [0.2, 0.25) is 11.7 Å². The molecule has 0 saturated carbocycles. The highest BCUT2D eigenvalue weighted by atomic mass is 19.4. The zero-order valence-electron chi connectivity index (χ0n) is 19.7. The molecule has 2 aromatic rings. The molecule has 0 radical (unpaired) electrons. The van der Waals surface area contributed by atoms with Gasteiger partial charge in [-0.15, -0.1) is 0 Å². The number of alkyl halides is 4. The van der Waals surface area contributed by atoms with Crippen LogP contribution in [0.5, 0.6) is 0 Å². The SMILES string of the molecule is C[C@]1(O)CN(CC(N)=O)CC[C@H]1CNc1ncnc(N(CCF)Cc2ccc(C(F)(F)F)cc2)c1F. The summed E-state index contributed by atoms with van der Waals surface area (Å²) in [6, 6.07) is 4.32. The monoisotopic (exact) mass is 516 g/mol. The third-order valence-electron chi connectivity index (χ3n) is 6.19. The zero-order valence-corrected chi connectivity index (χ0v) is 19.7. The Balaban J connectivity index is 1.71. The molecule has 3 rings (SSSR count). The van der Waals surface area contributed by atoms with Gasteiger partial charge in [0.05, 0.1) is 17.7 Å². The molecule has 1 amide bonds. The van der Waals surface area contributed by atoms with E-state index in [2.05, 4.69) is 15.3 Å². The van der Waals surface area contributed by atoms with Crippen molar-refractivity contribution in [3.63, 3.8) is 0 Å². The lowest BCUT2D eigenvalue weighted by Crippen LogP contribution is -2.55. The summed E-state index contributed by atoms with van der Waals surface area (Å²) >= 11 is 0. The standard InChI is InChI=1S/C23H29F5N6O2/c1-22(36)13-33(12-18(29)35)8-6-17(22)10-30-20-19(25)21(32-14-31-20)34(9-7-24)11-15-2-4-16(5-3-15)23(26,27)28/h2-5,14,17,36H,6-13H2,1H3,(H2,29,35)(H,30,31,32)/t17-,22-/m0/s1. The van der Waals surface area contributed by atoms with Gasteiger partial charge in [0.15, 0.2) is 11.6 Å². The van der Waals surface area contributed by atoms with Crippen LogP contribution in [0, 0.1) is 11.7 Å². The van der Waals surface area contributed by atoms with E-state index in [1.54, 1.807) is 11.8 Å². The molecule has 2 heterocycles. The van der Waals surface area contributed by atoms with E-state index in [1.807, 2.05) is 0 Å². The molecule has 1 fully saturated rings. The predicted molar refractivity (Wildman–Crippen MR) is 123 cm³/mol. The maximum atomic E-state index is 15.3. The van der Waals surface area contributed by atoms with Gasteiger partial charge in [-0.25, -0.2) is 14.4 Å². The van der Waals surface area contributed by atoms with E-state index in [-0.39, 0.29) is 50.3 Å². The number of aliphatic hydroxyl groups is 1. The lowest BCUT2D eigenvalue weighted by Gasteiger charge is -2.42. The lowest BCUT2D eigenvalue weighted by atomic mass is 9.82. The molecule has 1 aromatic carbocycles. The van der Waals surface area contributed by atoms with Gasteiger partial charge in [-0.2, -0.15) is 17.6 Å². The number of hydrogen-bond donors (Lipinski definition) is 3. The quantitative estimate of drug-likeness (QED) is 0.417. The number of rotatable bonds is 10. The molecular formula is C23H29F5N6O2. The number of primary amides is 1. The Bertz CT molecular complexity index is 1030. The summed E-state index contributed by atoms with van der Waals surface area (Å²) in [6.45, 7) is 1.44. The fraction of sp³-hybridized carbons (Fsp3) is 0.522. The van der Waals surface area contributed by atoms with Gasteiger partial charge in [0, 0.05) is 32.1 Å². The Hall–Kier alpha value is -3.06. The Morgan fingerprint density at radius 1 is 1.31 bits per heavy atom. The number of halogens is 5. The molecule has 1 aliphatic heterocycles. The van der Waals surface area contributed by atoms with E-state index >= 15 is 4.39 Å². The number of carbonyl (C=O) groups excluding carboxylic acids is 1. The van der Waals surface area contributed by atoms with Crippen molar-refractivity contribution in [1.29, 1.82) is 0 Å². The van der Waals surface area contributed by atoms with Crippen molar-refractivity contribution in [1.82, 2.24) is 14.9 Å².